The van der Waals surface area contributed by atoms with E-state index in [2.05, 4.69) is 11.9 Å². The smallest absolute Gasteiger partial charge is 0.198 e. The molecule has 0 amide bonds. The molecule has 184 valence electrons. The number of aliphatic hydroxyl groups excluding tert-OH is 2. The predicted octanol–water partition coefficient (Wildman–Crippen LogP) is 4.86. The largest absolute Gasteiger partial charge is 0.496 e. The van der Waals surface area contributed by atoms with Crippen LogP contribution in [0.4, 0.5) is 20.2 Å². The van der Waals surface area contributed by atoms with Crippen molar-refractivity contribution in [2.75, 3.05) is 38.7 Å². The second-order valence-electron chi connectivity index (χ2n) is 7.54. The van der Waals surface area contributed by atoms with Crippen LogP contribution in [0.2, 0.25) is 5.02 Å². The number of anilines is 2. The molecule has 0 aromatic heterocycles. The van der Waals surface area contributed by atoms with Crippen molar-refractivity contribution in [1.82, 2.24) is 4.90 Å². The molecule has 3 rings (SSSR count). The zero-order chi connectivity index (χ0) is 25.5. The van der Waals surface area contributed by atoms with Crippen LogP contribution in [0.3, 0.4) is 0 Å². The van der Waals surface area contributed by atoms with E-state index in [-0.39, 0.29) is 48.1 Å². The summed E-state index contributed by atoms with van der Waals surface area (Å²) >= 11 is 6.38. The van der Waals surface area contributed by atoms with Crippen molar-refractivity contribution in [3.8, 4) is 5.75 Å². The zero-order valence-electron chi connectivity index (χ0n) is 19.0. The van der Waals surface area contributed by atoms with Gasteiger partial charge in [-0.1, -0.05) is 24.2 Å². The lowest BCUT2D eigenvalue weighted by atomic mass is 9.98. The van der Waals surface area contributed by atoms with Gasteiger partial charge in [0.15, 0.2) is 5.78 Å². The van der Waals surface area contributed by atoms with Gasteiger partial charge in [0.1, 0.15) is 23.1 Å². The topological polar surface area (TPSA) is 82.0 Å². The van der Waals surface area contributed by atoms with Gasteiger partial charge < -0.3 is 25.2 Å². The first kappa shape index (κ1) is 26.2. The van der Waals surface area contributed by atoms with Gasteiger partial charge in [-0.2, -0.15) is 0 Å². The lowest BCUT2D eigenvalue weighted by Gasteiger charge is -2.25. The number of ether oxygens (including phenoxy) is 1. The maximum atomic E-state index is 14.0. The molecule has 3 N–H and O–H groups in total. The Hall–Kier alpha value is -3.46. The first-order valence-corrected chi connectivity index (χ1v) is 11.1. The number of hydrogen-bond donors (Lipinski definition) is 3. The maximum absolute atomic E-state index is 14.0. The van der Waals surface area contributed by atoms with Crippen LogP contribution in [0.25, 0.3) is 5.70 Å². The molecular formula is C26H25ClF2N2O4. The summed E-state index contributed by atoms with van der Waals surface area (Å²) in [4.78, 5) is 15.1. The van der Waals surface area contributed by atoms with E-state index in [1.807, 2.05) is 0 Å². The standard InChI is InChI=1S/C26H25ClF2N2O4/c1-16(31(10-12-32)11-13-33)17-6-9-24(35-2)20(14-17)26(34)19-8-7-18(15-21(19)27)30-25-22(28)4-3-5-23(25)29/h3-9,14-15,30,32-33H,1,10-13H2,2H3. The fraction of sp³-hybridized carbons (Fsp3) is 0.192. The summed E-state index contributed by atoms with van der Waals surface area (Å²) in [6, 6.07) is 12.8. The third-order valence-corrected chi connectivity index (χ3v) is 5.66. The van der Waals surface area contributed by atoms with E-state index in [1.54, 1.807) is 23.1 Å². The Morgan fingerprint density at radius 1 is 1.03 bits per heavy atom. The van der Waals surface area contributed by atoms with Crippen LogP contribution >= 0.6 is 11.6 Å². The minimum atomic E-state index is -0.764. The van der Waals surface area contributed by atoms with E-state index in [0.29, 0.717) is 22.7 Å². The Bertz CT molecular complexity index is 1210. The number of nitrogens with one attached hydrogen (secondary N) is 1. The number of benzene rings is 3. The van der Waals surface area contributed by atoms with Gasteiger partial charge >= 0.3 is 0 Å². The second-order valence-corrected chi connectivity index (χ2v) is 7.95. The summed E-state index contributed by atoms with van der Waals surface area (Å²) in [6.45, 7) is 4.29. The van der Waals surface area contributed by atoms with Gasteiger partial charge in [0.25, 0.3) is 0 Å². The Kier molecular flexibility index (Phi) is 8.81. The molecule has 0 spiro atoms. The van der Waals surface area contributed by atoms with Gasteiger partial charge in [0, 0.05) is 30.0 Å². The van der Waals surface area contributed by atoms with Crippen molar-refractivity contribution in [1.29, 1.82) is 0 Å². The lowest BCUT2D eigenvalue weighted by Crippen LogP contribution is -2.28. The van der Waals surface area contributed by atoms with E-state index < -0.39 is 17.4 Å². The fourth-order valence-corrected chi connectivity index (χ4v) is 3.82. The molecule has 0 bridgehead atoms. The van der Waals surface area contributed by atoms with E-state index in [0.717, 1.165) is 12.1 Å². The maximum Gasteiger partial charge on any atom is 0.198 e. The number of rotatable bonds is 11. The molecule has 0 heterocycles. The van der Waals surface area contributed by atoms with Crippen LogP contribution in [0.1, 0.15) is 21.5 Å². The number of carbonyl (C=O) groups excluding carboxylic acids is 1. The molecule has 0 saturated carbocycles. The normalized spacial score (nSPS) is 10.7. The highest BCUT2D eigenvalue weighted by Crippen LogP contribution is 2.31. The van der Waals surface area contributed by atoms with Crippen LogP contribution < -0.4 is 10.1 Å². The molecule has 0 fully saturated rings. The average Bonchev–Trinajstić information content (AvgIpc) is 2.85. The van der Waals surface area contributed by atoms with Crippen LogP contribution in [-0.4, -0.2) is 54.3 Å². The molecule has 0 saturated heterocycles. The quantitative estimate of drug-likeness (QED) is 0.325. The molecule has 0 unspecified atom stereocenters. The highest BCUT2D eigenvalue weighted by Gasteiger charge is 2.20. The summed E-state index contributed by atoms with van der Waals surface area (Å²) in [5.74, 6) is -1.64. The Morgan fingerprint density at radius 2 is 1.69 bits per heavy atom. The highest BCUT2D eigenvalue weighted by molar-refractivity contribution is 6.35. The molecule has 6 nitrogen and oxygen atoms in total. The van der Waals surface area contributed by atoms with Gasteiger partial charge in [0.2, 0.25) is 0 Å². The van der Waals surface area contributed by atoms with E-state index >= 15 is 0 Å². The summed E-state index contributed by atoms with van der Waals surface area (Å²) in [5, 5.41) is 21.3. The molecule has 0 radical (unpaired) electrons. The molecule has 35 heavy (non-hydrogen) atoms. The second kappa shape index (κ2) is 11.8. The molecule has 3 aromatic carbocycles. The number of aliphatic hydroxyl groups is 2. The van der Waals surface area contributed by atoms with Crippen LogP contribution in [0.15, 0.2) is 61.2 Å². The number of nitrogens with zero attached hydrogens (tertiary/aromatic N) is 1. The molecule has 0 atom stereocenters. The minimum Gasteiger partial charge on any atom is -0.496 e. The van der Waals surface area contributed by atoms with Crippen molar-refractivity contribution in [2.24, 2.45) is 0 Å². The van der Waals surface area contributed by atoms with Crippen molar-refractivity contribution in [2.45, 2.75) is 0 Å². The third-order valence-electron chi connectivity index (χ3n) is 5.34. The van der Waals surface area contributed by atoms with Crippen LogP contribution in [0.5, 0.6) is 5.75 Å². The molecule has 9 heteroatoms. The summed E-state index contributed by atoms with van der Waals surface area (Å²) in [5.41, 5.74) is 1.47. The van der Waals surface area contributed by atoms with Crippen LogP contribution in [-0.2, 0) is 0 Å². The van der Waals surface area contributed by atoms with Gasteiger partial charge in [-0.25, -0.2) is 8.78 Å². The van der Waals surface area contributed by atoms with Crippen LogP contribution in [0, 0.1) is 11.6 Å². The van der Waals surface area contributed by atoms with Crippen molar-refractivity contribution in [3.05, 3.63) is 94.5 Å². The van der Waals surface area contributed by atoms with Gasteiger partial charge in [0.05, 0.1) is 30.9 Å². The zero-order valence-corrected chi connectivity index (χ0v) is 19.8. The molecule has 0 aliphatic heterocycles. The highest BCUT2D eigenvalue weighted by atomic mass is 35.5. The van der Waals surface area contributed by atoms with E-state index in [4.69, 9.17) is 16.3 Å². The number of halogens is 3. The van der Waals surface area contributed by atoms with E-state index in [9.17, 15) is 23.8 Å². The first-order chi connectivity index (χ1) is 16.8. The van der Waals surface area contributed by atoms with Crippen molar-refractivity contribution >= 4 is 34.5 Å². The van der Waals surface area contributed by atoms with E-state index in [1.165, 1.54) is 31.4 Å². The van der Waals surface area contributed by atoms with Crippen molar-refractivity contribution in [3.63, 3.8) is 0 Å². The van der Waals surface area contributed by atoms with Gasteiger partial charge in [-0.05, 0) is 54.1 Å². The summed E-state index contributed by atoms with van der Waals surface area (Å²) in [6.07, 6.45) is 0. The lowest BCUT2D eigenvalue weighted by molar-refractivity contribution is 0.103. The Labute approximate surface area is 207 Å². The number of carbonyl (C=O) groups is 1. The number of para-hydroxylation sites is 1. The number of ketones is 1. The summed E-state index contributed by atoms with van der Waals surface area (Å²) in [7, 11) is 1.43. The minimum absolute atomic E-state index is 0.0743. The molecule has 3 aromatic rings. The van der Waals surface area contributed by atoms with Crippen molar-refractivity contribution < 1.29 is 28.5 Å². The average molecular weight is 503 g/mol. The summed E-state index contributed by atoms with van der Waals surface area (Å²) < 4.78 is 33.3. The monoisotopic (exact) mass is 502 g/mol. The Morgan fingerprint density at radius 3 is 2.26 bits per heavy atom. The predicted molar refractivity (Wildman–Crippen MR) is 132 cm³/mol. The number of methoxy groups -OCH3 is 1. The SMILES string of the molecule is C=C(c1ccc(OC)c(C(=O)c2ccc(Nc3c(F)cccc3F)cc2Cl)c1)N(CCO)CCO. The molecular weight excluding hydrogens is 478 g/mol. The molecule has 0 aliphatic rings. The molecule has 0 aliphatic carbocycles. The first-order valence-electron chi connectivity index (χ1n) is 10.7. The van der Waals surface area contributed by atoms with Gasteiger partial charge in [-0.3, -0.25) is 4.79 Å². The number of hydrogen-bond acceptors (Lipinski definition) is 6. The Balaban J connectivity index is 1.93. The van der Waals surface area contributed by atoms with Gasteiger partial charge in [-0.15, -0.1) is 0 Å². The third kappa shape index (κ3) is 5.97. The fourth-order valence-electron chi connectivity index (χ4n) is 3.55.